The summed E-state index contributed by atoms with van der Waals surface area (Å²) in [5.41, 5.74) is 6.89. The van der Waals surface area contributed by atoms with E-state index in [0.717, 1.165) is 50.3 Å². The predicted molar refractivity (Wildman–Crippen MR) is 180 cm³/mol. The molecule has 6 heteroatoms. The highest BCUT2D eigenvalue weighted by Crippen LogP contribution is 2.44. The second kappa shape index (κ2) is 13.4. The Morgan fingerprint density at radius 1 is 0.761 bits per heavy atom. The van der Waals surface area contributed by atoms with Gasteiger partial charge in [0.2, 0.25) is 0 Å². The zero-order valence-corrected chi connectivity index (χ0v) is 26.2. The van der Waals surface area contributed by atoms with Crippen LogP contribution in [0.1, 0.15) is 41.0 Å². The Bertz CT molecular complexity index is 1930. The molecule has 0 fully saturated rings. The highest BCUT2D eigenvalue weighted by molar-refractivity contribution is 6.00. The number of nitrogens with zero attached hydrogens (tertiary/aromatic N) is 1. The van der Waals surface area contributed by atoms with Crippen molar-refractivity contribution in [2.75, 3.05) is 13.7 Å². The molecule has 0 amide bonds. The van der Waals surface area contributed by atoms with E-state index in [4.69, 9.17) is 14.2 Å². The molecule has 0 radical (unpaired) electrons. The number of benzene rings is 5. The molecule has 0 aliphatic carbocycles. The minimum absolute atomic E-state index is 0.158. The van der Waals surface area contributed by atoms with Gasteiger partial charge in [0, 0.05) is 34.9 Å². The summed E-state index contributed by atoms with van der Waals surface area (Å²) in [4.78, 5) is 12.5. The van der Waals surface area contributed by atoms with Crippen molar-refractivity contribution in [1.82, 2.24) is 4.57 Å². The van der Waals surface area contributed by atoms with E-state index in [0.29, 0.717) is 18.8 Å². The second-order valence-electron chi connectivity index (χ2n) is 11.9. The lowest BCUT2D eigenvalue weighted by molar-refractivity contribution is 0.0472. The monoisotopic (exact) mass is 613 g/mol. The van der Waals surface area contributed by atoms with Crippen molar-refractivity contribution in [2.45, 2.75) is 32.5 Å². The van der Waals surface area contributed by atoms with Gasteiger partial charge in [-0.2, -0.15) is 0 Å². The molecule has 0 N–H and O–H groups in total. The predicted octanol–water partition coefficient (Wildman–Crippen LogP) is 9.30. The average molecular weight is 614 g/mol. The maximum Gasteiger partial charge on any atom is 0.338 e. The maximum atomic E-state index is 14.1. The van der Waals surface area contributed by atoms with Crippen LogP contribution in [0, 0.1) is 5.82 Å². The van der Waals surface area contributed by atoms with Gasteiger partial charge in [-0.25, -0.2) is 9.18 Å². The Labute approximate surface area is 268 Å². The number of carbonyl (C=O) groups excluding carboxylic acids is 1. The molecule has 0 atom stereocenters. The van der Waals surface area contributed by atoms with Crippen molar-refractivity contribution < 1.29 is 23.4 Å². The molecular weight excluding hydrogens is 577 g/mol. The zero-order chi connectivity index (χ0) is 32.1. The SMILES string of the molecule is COCC(C)(C)c1c(-c2ccc(COC(=O)c3ccccc3)cc2)c2cc(OCc3ccccc3)ccc2n1-c1ccc(F)cc1. The smallest absolute Gasteiger partial charge is 0.338 e. The molecule has 0 aliphatic rings. The van der Waals surface area contributed by atoms with Gasteiger partial charge in [0.1, 0.15) is 24.8 Å². The third kappa shape index (κ3) is 6.58. The number of methoxy groups -OCH3 is 1. The molecule has 1 heterocycles. The van der Waals surface area contributed by atoms with E-state index >= 15 is 0 Å². The van der Waals surface area contributed by atoms with Crippen LogP contribution in [0.3, 0.4) is 0 Å². The van der Waals surface area contributed by atoms with Gasteiger partial charge in [-0.1, -0.05) is 86.6 Å². The van der Waals surface area contributed by atoms with E-state index in [-0.39, 0.29) is 18.4 Å². The summed E-state index contributed by atoms with van der Waals surface area (Å²) < 4.78 is 33.9. The Hall–Kier alpha value is -5.20. The highest BCUT2D eigenvalue weighted by atomic mass is 19.1. The Morgan fingerprint density at radius 2 is 1.41 bits per heavy atom. The summed E-state index contributed by atoms with van der Waals surface area (Å²) in [6.45, 7) is 5.36. The van der Waals surface area contributed by atoms with Crippen molar-refractivity contribution in [1.29, 1.82) is 0 Å². The molecule has 0 aliphatic heterocycles. The van der Waals surface area contributed by atoms with Gasteiger partial charge in [0.05, 0.1) is 17.7 Å². The Kier molecular flexibility index (Phi) is 8.99. The number of halogens is 1. The summed E-state index contributed by atoms with van der Waals surface area (Å²) in [7, 11) is 1.70. The molecule has 46 heavy (non-hydrogen) atoms. The summed E-state index contributed by atoms with van der Waals surface area (Å²) >= 11 is 0. The third-order valence-electron chi connectivity index (χ3n) is 8.04. The van der Waals surface area contributed by atoms with Gasteiger partial charge >= 0.3 is 5.97 Å². The number of rotatable bonds is 11. The summed E-state index contributed by atoms with van der Waals surface area (Å²) in [5.74, 6) is 0.0892. The average Bonchev–Trinajstić information content (AvgIpc) is 3.43. The minimum Gasteiger partial charge on any atom is -0.489 e. The van der Waals surface area contributed by atoms with E-state index in [9.17, 15) is 9.18 Å². The van der Waals surface area contributed by atoms with Crippen LogP contribution >= 0.6 is 0 Å². The van der Waals surface area contributed by atoms with Gasteiger partial charge in [-0.05, 0) is 71.3 Å². The molecule has 6 rings (SSSR count). The number of aromatic nitrogens is 1. The number of carbonyl (C=O) groups is 1. The highest BCUT2D eigenvalue weighted by Gasteiger charge is 2.32. The van der Waals surface area contributed by atoms with Crippen molar-refractivity contribution in [2.24, 2.45) is 0 Å². The first kappa shape index (κ1) is 30.8. The second-order valence-corrected chi connectivity index (χ2v) is 11.9. The molecule has 5 nitrogen and oxygen atoms in total. The fourth-order valence-corrected chi connectivity index (χ4v) is 5.90. The van der Waals surface area contributed by atoms with Gasteiger partial charge in [-0.3, -0.25) is 0 Å². The van der Waals surface area contributed by atoms with E-state index in [1.165, 1.54) is 12.1 Å². The molecule has 232 valence electrons. The molecule has 1 aromatic heterocycles. The number of fused-ring (bicyclic) bond motifs is 1. The Balaban J connectivity index is 1.45. The van der Waals surface area contributed by atoms with Crippen LogP contribution in [0.25, 0.3) is 27.7 Å². The summed E-state index contributed by atoms with van der Waals surface area (Å²) in [5, 5.41) is 0.998. The Morgan fingerprint density at radius 3 is 2.09 bits per heavy atom. The van der Waals surface area contributed by atoms with Gasteiger partial charge in [0.25, 0.3) is 0 Å². The van der Waals surface area contributed by atoms with Crippen molar-refractivity contribution >= 4 is 16.9 Å². The van der Waals surface area contributed by atoms with Crippen LogP contribution < -0.4 is 4.74 Å². The van der Waals surface area contributed by atoms with Crippen molar-refractivity contribution in [3.8, 4) is 22.6 Å². The van der Waals surface area contributed by atoms with Crippen LogP contribution in [-0.4, -0.2) is 24.3 Å². The first-order chi connectivity index (χ1) is 22.3. The molecular formula is C40H36FNO4. The van der Waals surface area contributed by atoms with E-state index in [2.05, 4.69) is 42.7 Å². The number of hydrogen-bond donors (Lipinski definition) is 0. The normalized spacial score (nSPS) is 11.5. The van der Waals surface area contributed by atoms with Crippen molar-refractivity contribution in [3.05, 3.63) is 156 Å². The maximum absolute atomic E-state index is 14.1. The molecule has 0 unspecified atom stereocenters. The number of hydrogen-bond acceptors (Lipinski definition) is 4. The van der Waals surface area contributed by atoms with E-state index in [1.54, 1.807) is 31.4 Å². The van der Waals surface area contributed by atoms with Crippen LogP contribution in [0.4, 0.5) is 4.39 Å². The largest absolute Gasteiger partial charge is 0.489 e. The lowest BCUT2D eigenvalue weighted by Gasteiger charge is -2.28. The van der Waals surface area contributed by atoms with Crippen LogP contribution in [-0.2, 0) is 28.1 Å². The topological polar surface area (TPSA) is 49.7 Å². The molecule has 6 aromatic rings. The number of ether oxygens (including phenoxy) is 3. The van der Waals surface area contributed by atoms with Gasteiger partial charge in [0.15, 0.2) is 0 Å². The lowest BCUT2D eigenvalue weighted by Crippen LogP contribution is -2.27. The molecule has 0 saturated carbocycles. The first-order valence-corrected chi connectivity index (χ1v) is 15.3. The van der Waals surface area contributed by atoms with Crippen molar-refractivity contribution in [3.63, 3.8) is 0 Å². The lowest BCUT2D eigenvalue weighted by atomic mass is 9.84. The number of esters is 1. The third-order valence-corrected chi connectivity index (χ3v) is 8.04. The standard InChI is InChI=1S/C40H36FNO4/c1-40(2,27-44-3)38-37(30-16-14-29(15-17-30)26-46-39(43)31-12-8-5-9-13-31)35-24-34(45-25-28-10-6-4-7-11-28)22-23-36(35)42(38)33-20-18-32(41)19-21-33/h4-24H,25-27H2,1-3H3. The van der Waals surface area contributed by atoms with Crippen LogP contribution in [0.2, 0.25) is 0 Å². The molecule has 0 spiro atoms. The summed E-state index contributed by atoms with van der Waals surface area (Å²) in [6.07, 6.45) is 0. The first-order valence-electron chi connectivity index (χ1n) is 15.3. The molecule has 0 saturated heterocycles. The van der Waals surface area contributed by atoms with Crippen LogP contribution in [0.15, 0.2) is 127 Å². The van der Waals surface area contributed by atoms with E-state index < -0.39 is 5.41 Å². The quantitative estimate of drug-likeness (QED) is 0.137. The van der Waals surface area contributed by atoms with Gasteiger partial charge < -0.3 is 18.8 Å². The molecule has 0 bridgehead atoms. The molecule has 5 aromatic carbocycles. The zero-order valence-electron chi connectivity index (χ0n) is 26.2. The van der Waals surface area contributed by atoms with Crippen LogP contribution in [0.5, 0.6) is 5.75 Å². The summed E-state index contributed by atoms with van der Waals surface area (Å²) in [6, 6.07) is 39.8. The van der Waals surface area contributed by atoms with E-state index in [1.807, 2.05) is 66.7 Å². The fraction of sp³-hybridized carbons (Fsp3) is 0.175. The fourth-order valence-electron chi connectivity index (χ4n) is 5.90. The van der Waals surface area contributed by atoms with Gasteiger partial charge in [-0.15, -0.1) is 0 Å². The minimum atomic E-state index is -0.438.